The summed E-state index contributed by atoms with van der Waals surface area (Å²) in [6.07, 6.45) is 1.78. The molecule has 0 aliphatic carbocycles. The molecular weight excluding hydrogens is 388 g/mol. The lowest BCUT2D eigenvalue weighted by molar-refractivity contribution is -0.117. The Kier molecular flexibility index (Phi) is 5.31. The van der Waals surface area contributed by atoms with Crippen molar-refractivity contribution in [2.45, 2.75) is 18.9 Å². The third-order valence-corrected chi connectivity index (χ3v) is 5.39. The zero-order valence-electron chi connectivity index (χ0n) is 16.8. The Morgan fingerprint density at radius 1 is 1.07 bits per heavy atom. The average Bonchev–Trinajstić information content (AvgIpc) is 3.27. The van der Waals surface area contributed by atoms with E-state index in [0.29, 0.717) is 22.7 Å². The van der Waals surface area contributed by atoms with E-state index in [1.807, 2.05) is 0 Å². The third kappa shape index (κ3) is 3.56. The van der Waals surface area contributed by atoms with Crippen molar-refractivity contribution in [3.63, 3.8) is 0 Å². The van der Waals surface area contributed by atoms with Gasteiger partial charge >= 0.3 is 5.97 Å². The van der Waals surface area contributed by atoms with E-state index in [0.717, 1.165) is 25.1 Å². The Morgan fingerprint density at radius 2 is 1.83 bits per heavy atom. The number of hydrogen-bond donors (Lipinski definition) is 1. The van der Waals surface area contributed by atoms with Gasteiger partial charge in [-0.2, -0.15) is 0 Å². The van der Waals surface area contributed by atoms with E-state index in [2.05, 4.69) is 10.2 Å². The molecule has 1 N–H and O–H groups in total. The zero-order chi connectivity index (χ0) is 21.3. The molecule has 0 saturated carbocycles. The highest BCUT2D eigenvalue weighted by atomic mass is 16.5. The number of esters is 1. The van der Waals surface area contributed by atoms with Crippen LogP contribution in [0.2, 0.25) is 0 Å². The number of methoxy groups -OCH3 is 2. The topological polar surface area (TPSA) is 94.2 Å². The molecule has 0 aromatic heterocycles. The van der Waals surface area contributed by atoms with Gasteiger partial charge in [-0.1, -0.05) is 0 Å². The van der Waals surface area contributed by atoms with Gasteiger partial charge in [0.25, 0.3) is 0 Å². The molecule has 2 aromatic carbocycles. The summed E-state index contributed by atoms with van der Waals surface area (Å²) in [5.41, 5.74) is 2.10. The van der Waals surface area contributed by atoms with Gasteiger partial charge in [0, 0.05) is 12.1 Å². The van der Waals surface area contributed by atoms with Crippen LogP contribution in [0.4, 0.5) is 11.4 Å². The number of carbonyl (C=O) groups is 3. The van der Waals surface area contributed by atoms with Gasteiger partial charge in [-0.15, -0.1) is 0 Å². The summed E-state index contributed by atoms with van der Waals surface area (Å²) in [6.45, 7) is 0.403. The van der Waals surface area contributed by atoms with Crippen LogP contribution < -0.4 is 19.7 Å². The van der Waals surface area contributed by atoms with Crippen molar-refractivity contribution >= 4 is 29.0 Å². The van der Waals surface area contributed by atoms with Crippen LogP contribution in [0.25, 0.3) is 0 Å². The van der Waals surface area contributed by atoms with E-state index in [1.165, 1.54) is 20.3 Å². The summed E-state index contributed by atoms with van der Waals surface area (Å²) in [5, 5.41) is 2.86. The van der Waals surface area contributed by atoms with Crippen LogP contribution in [-0.2, 0) is 9.53 Å². The minimum absolute atomic E-state index is 0.0610. The first kappa shape index (κ1) is 19.8. The number of anilines is 2. The fourth-order valence-electron chi connectivity index (χ4n) is 3.86. The van der Waals surface area contributed by atoms with E-state index in [1.54, 1.807) is 30.3 Å². The highest BCUT2D eigenvalue weighted by Gasteiger charge is 2.36. The first-order valence-corrected chi connectivity index (χ1v) is 9.65. The number of Topliss-reactive ketones (excluding diaryl/α,β-unsaturated/α-hetero) is 1. The molecule has 1 amide bonds. The van der Waals surface area contributed by atoms with Gasteiger partial charge in [-0.3, -0.25) is 9.59 Å². The summed E-state index contributed by atoms with van der Waals surface area (Å²) >= 11 is 0. The molecule has 0 spiro atoms. The van der Waals surface area contributed by atoms with Crippen molar-refractivity contribution in [1.82, 2.24) is 0 Å². The molecule has 2 aliphatic rings. The number of carbonyl (C=O) groups excluding carboxylic acids is 3. The standard InChI is InChI=1S/C22H22N2O6/c1-28-19-8-6-13(11-20(19)29-2)18(25)12-30-22(27)14-5-7-16-15(10-14)23-21(26)17-4-3-9-24(16)17/h5-8,10-11,17H,3-4,9,12H2,1-2H3,(H,23,26)/t17-/m1/s1. The van der Waals surface area contributed by atoms with Crippen molar-refractivity contribution < 1.29 is 28.6 Å². The number of benzene rings is 2. The first-order chi connectivity index (χ1) is 14.5. The Hall–Kier alpha value is -3.55. The maximum atomic E-state index is 12.5. The quantitative estimate of drug-likeness (QED) is 0.578. The normalized spacial score (nSPS) is 16.9. The van der Waals surface area contributed by atoms with Crippen LogP contribution in [-0.4, -0.2) is 51.1 Å². The van der Waals surface area contributed by atoms with E-state index >= 15 is 0 Å². The summed E-state index contributed by atoms with van der Waals surface area (Å²) in [4.78, 5) is 39.2. The number of amides is 1. The molecule has 1 saturated heterocycles. The Morgan fingerprint density at radius 3 is 2.60 bits per heavy atom. The molecular formula is C22H22N2O6. The number of nitrogens with one attached hydrogen (secondary N) is 1. The molecule has 0 unspecified atom stereocenters. The molecule has 156 valence electrons. The highest BCUT2D eigenvalue weighted by molar-refractivity contribution is 6.06. The lowest BCUT2D eigenvalue weighted by atomic mass is 10.1. The molecule has 0 bridgehead atoms. The molecule has 8 nitrogen and oxygen atoms in total. The van der Waals surface area contributed by atoms with E-state index in [9.17, 15) is 14.4 Å². The molecule has 2 aromatic rings. The van der Waals surface area contributed by atoms with Gasteiger partial charge in [0.2, 0.25) is 5.91 Å². The summed E-state index contributed by atoms with van der Waals surface area (Å²) < 4.78 is 15.5. The van der Waals surface area contributed by atoms with Crippen LogP contribution in [0.5, 0.6) is 11.5 Å². The number of ether oxygens (including phenoxy) is 3. The van der Waals surface area contributed by atoms with Crippen LogP contribution in [0, 0.1) is 0 Å². The molecule has 30 heavy (non-hydrogen) atoms. The molecule has 4 rings (SSSR count). The molecule has 0 radical (unpaired) electrons. The fraction of sp³-hybridized carbons (Fsp3) is 0.318. The predicted octanol–water partition coefficient (Wildman–Crippen LogP) is 2.66. The van der Waals surface area contributed by atoms with E-state index in [4.69, 9.17) is 14.2 Å². The SMILES string of the molecule is COc1ccc(C(=O)COC(=O)c2ccc3c(c2)NC(=O)[C@H]2CCCN32)cc1OC. The van der Waals surface area contributed by atoms with E-state index < -0.39 is 12.6 Å². The van der Waals surface area contributed by atoms with Crippen molar-refractivity contribution in [1.29, 1.82) is 0 Å². The summed E-state index contributed by atoms with van der Waals surface area (Å²) in [7, 11) is 2.98. The maximum Gasteiger partial charge on any atom is 0.338 e. The van der Waals surface area contributed by atoms with Gasteiger partial charge in [-0.05, 0) is 49.2 Å². The van der Waals surface area contributed by atoms with Gasteiger partial charge in [-0.25, -0.2) is 4.79 Å². The summed E-state index contributed by atoms with van der Waals surface area (Å²) in [6, 6.07) is 9.63. The van der Waals surface area contributed by atoms with Crippen LogP contribution >= 0.6 is 0 Å². The predicted molar refractivity (Wildman–Crippen MR) is 110 cm³/mol. The number of nitrogens with zero attached hydrogens (tertiary/aromatic N) is 1. The van der Waals surface area contributed by atoms with Crippen LogP contribution in [0.15, 0.2) is 36.4 Å². The van der Waals surface area contributed by atoms with Gasteiger partial charge in [0.05, 0.1) is 31.2 Å². The molecule has 2 heterocycles. The third-order valence-electron chi connectivity index (χ3n) is 5.39. The first-order valence-electron chi connectivity index (χ1n) is 9.65. The highest BCUT2D eigenvalue weighted by Crippen LogP contribution is 2.37. The van der Waals surface area contributed by atoms with Crippen molar-refractivity contribution in [2.24, 2.45) is 0 Å². The summed E-state index contributed by atoms with van der Waals surface area (Å²) in [5.74, 6) is -0.142. The number of ketones is 1. The molecule has 2 aliphatic heterocycles. The van der Waals surface area contributed by atoms with Crippen molar-refractivity contribution in [3.8, 4) is 11.5 Å². The van der Waals surface area contributed by atoms with Crippen molar-refractivity contribution in [2.75, 3.05) is 37.6 Å². The molecule has 1 fully saturated rings. The lowest BCUT2D eigenvalue weighted by Crippen LogP contribution is -2.43. The Bertz CT molecular complexity index is 1020. The van der Waals surface area contributed by atoms with Gasteiger partial charge in [0.1, 0.15) is 6.04 Å². The second-order valence-corrected chi connectivity index (χ2v) is 7.14. The number of fused-ring (bicyclic) bond motifs is 3. The second kappa shape index (κ2) is 8.06. The Balaban J connectivity index is 1.44. The van der Waals surface area contributed by atoms with Crippen LogP contribution in [0.3, 0.4) is 0 Å². The van der Waals surface area contributed by atoms with Crippen molar-refractivity contribution in [3.05, 3.63) is 47.5 Å². The van der Waals surface area contributed by atoms with Gasteiger partial charge in [0.15, 0.2) is 23.9 Å². The van der Waals surface area contributed by atoms with Gasteiger partial charge < -0.3 is 24.4 Å². The average molecular weight is 410 g/mol. The minimum atomic E-state index is -0.635. The monoisotopic (exact) mass is 410 g/mol. The molecule has 8 heteroatoms. The zero-order valence-corrected chi connectivity index (χ0v) is 16.8. The van der Waals surface area contributed by atoms with E-state index in [-0.39, 0.29) is 23.3 Å². The lowest BCUT2D eigenvalue weighted by Gasteiger charge is -2.33. The molecule has 1 atom stereocenters. The number of hydrogen-bond acceptors (Lipinski definition) is 7. The smallest absolute Gasteiger partial charge is 0.338 e. The maximum absolute atomic E-state index is 12.5. The minimum Gasteiger partial charge on any atom is -0.493 e. The number of rotatable bonds is 6. The Labute approximate surface area is 173 Å². The van der Waals surface area contributed by atoms with Crippen LogP contribution in [0.1, 0.15) is 33.6 Å². The fourth-order valence-corrected chi connectivity index (χ4v) is 3.86. The second-order valence-electron chi connectivity index (χ2n) is 7.14. The largest absolute Gasteiger partial charge is 0.493 e.